The van der Waals surface area contributed by atoms with E-state index in [1.807, 2.05) is 49.9 Å². The molecule has 1 saturated heterocycles. The Morgan fingerprint density at radius 2 is 2.05 bits per heavy atom. The van der Waals surface area contributed by atoms with Crippen LogP contribution in [0, 0.1) is 0 Å². The standard InChI is InChI=1S/C16H23ClN2O2/c1-16(2,3)21-15(20)19-10-4-5-14(19)11-18-13-8-6-12(17)7-9-13/h6-9,14,18H,4-5,10-11H2,1-3H3. The van der Waals surface area contributed by atoms with Gasteiger partial charge in [-0.15, -0.1) is 0 Å². The third-order valence-electron chi connectivity index (χ3n) is 3.39. The molecule has 0 spiro atoms. The highest BCUT2D eigenvalue weighted by Crippen LogP contribution is 2.22. The lowest BCUT2D eigenvalue weighted by Crippen LogP contribution is -2.42. The Morgan fingerprint density at radius 3 is 2.67 bits per heavy atom. The van der Waals surface area contributed by atoms with Crippen LogP contribution in [0.1, 0.15) is 33.6 Å². The van der Waals surface area contributed by atoms with E-state index in [2.05, 4.69) is 5.32 Å². The summed E-state index contributed by atoms with van der Waals surface area (Å²) in [5.41, 5.74) is 0.559. The normalized spacial score (nSPS) is 18.7. The maximum Gasteiger partial charge on any atom is 0.410 e. The molecule has 116 valence electrons. The molecule has 0 bridgehead atoms. The van der Waals surface area contributed by atoms with Crippen LogP contribution in [0.2, 0.25) is 5.02 Å². The van der Waals surface area contributed by atoms with Gasteiger partial charge < -0.3 is 15.0 Å². The van der Waals surface area contributed by atoms with Crippen LogP contribution < -0.4 is 5.32 Å². The number of hydrogen-bond acceptors (Lipinski definition) is 3. The molecule has 0 saturated carbocycles. The maximum atomic E-state index is 12.2. The number of nitrogens with one attached hydrogen (secondary N) is 1. The van der Waals surface area contributed by atoms with Crippen LogP contribution in [-0.2, 0) is 4.74 Å². The predicted molar refractivity (Wildman–Crippen MR) is 85.9 cm³/mol. The Bertz CT molecular complexity index is 482. The quantitative estimate of drug-likeness (QED) is 0.911. The zero-order valence-electron chi connectivity index (χ0n) is 12.9. The van der Waals surface area contributed by atoms with Crippen LogP contribution in [0.5, 0.6) is 0 Å². The van der Waals surface area contributed by atoms with Crippen LogP contribution in [0.15, 0.2) is 24.3 Å². The highest BCUT2D eigenvalue weighted by atomic mass is 35.5. The lowest BCUT2D eigenvalue weighted by atomic mass is 10.2. The molecule has 0 aromatic heterocycles. The number of carbonyl (C=O) groups excluding carboxylic acids is 1. The van der Waals surface area contributed by atoms with Gasteiger partial charge in [0, 0.05) is 23.8 Å². The molecule has 4 nitrogen and oxygen atoms in total. The summed E-state index contributed by atoms with van der Waals surface area (Å²) in [5, 5.41) is 4.07. The molecule has 1 aromatic rings. The fourth-order valence-electron chi connectivity index (χ4n) is 2.41. The Morgan fingerprint density at radius 1 is 1.38 bits per heavy atom. The van der Waals surface area contributed by atoms with Crippen LogP contribution >= 0.6 is 11.6 Å². The lowest BCUT2D eigenvalue weighted by Gasteiger charge is -2.28. The Balaban J connectivity index is 1.90. The van der Waals surface area contributed by atoms with E-state index in [0.717, 1.165) is 36.6 Å². The molecule has 1 N–H and O–H groups in total. The van der Waals surface area contributed by atoms with Crippen molar-refractivity contribution in [3.8, 4) is 0 Å². The smallest absolute Gasteiger partial charge is 0.410 e. The zero-order valence-corrected chi connectivity index (χ0v) is 13.6. The van der Waals surface area contributed by atoms with E-state index >= 15 is 0 Å². The summed E-state index contributed by atoms with van der Waals surface area (Å²) in [5.74, 6) is 0. The molecule has 1 atom stereocenters. The molecule has 1 fully saturated rings. The van der Waals surface area contributed by atoms with E-state index in [0.29, 0.717) is 0 Å². The van der Waals surface area contributed by atoms with Crippen LogP contribution in [0.4, 0.5) is 10.5 Å². The minimum atomic E-state index is -0.451. The average Bonchev–Trinajstić information content (AvgIpc) is 2.84. The molecule has 0 radical (unpaired) electrons. The number of anilines is 1. The first-order chi connectivity index (χ1) is 9.85. The molecule has 1 aliphatic rings. The largest absolute Gasteiger partial charge is 0.444 e. The zero-order chi connectivity index (χ0) is 15.5. The number of rotatable bonds is 3. The van der Waals surface area contributed by atoms with Crippen molar-refractivity contribution < 1.29 is 9.53 Å². The van der Waals surface area contributed by atoms with E-state index in [9.17, 15) is 4.79 Å². The first-order valence-electron chi connectivity index (χ1n) is 7.34. The summed E-state index contributed by atoms with van der Waals surface area (Å²) in [7, 11) is 0. The third kappa shape index (κ3) is 4.81. The molecular weight excluding hydrogens is 288 g/mol. The minimum Gasteiger partial charge on any atom is -0.444 e. The van der Waals surface area contributed by atoms with Gasteiger partial charge in [0.2, 0.25) is 0 Å². The molecule has 1 aliphatic heterocycles. The highest BCUT2D eigenvalue weighted by Gasteiger charge is 2.31. The van der Waals surface area contributed by atoms with Crippen molar-refractivity contribution in [2.24, 2.45) is 0 Å². The van der Waals surface area contributed by atoms with Crippen molar-refractivity contribution in [2.75, 3.05) is 18.4 Å². The molecule has 1 amide bonds. The summed E-state index contributed by atoms with van der Waals surface area (Å²) in [6.07, 6.45) is 1.80. The fourth-order valence-corrected chi connectivity index (χ4v) is 2.54. The highest BCUT2D eigenvalue weighted by molar-refractivity contribution is 6.30. The number of halogens is 1. The molecule has 0 aliphatic carbocycles. The second kappa shape index (κ2) is 6.56. The topological polar surface area (TPSA) is 41.6 Å². The molecule has 21 heavy (non-hydrogen) atoms. The van der Waals surface area contributed by atoms with Crippen molar-refractivity contribution in [1.82, 2.24) is 4.90 Å². The van der Waals surface area contributed by atoms with Gasteiger partial charge in [-0.3, -0.25) is 0 Å². The van der Waals surface area contributed by atoms with Gasteiger partial charge in [-0.1, -0.05) is 11.6 Å². The molecule has 1 heterocycles. The lowest BCUT2D eigenvalue weighted by molar-refractivity contribution is 0.0235. The predicted octanol–water partition coefficient (Wildman–Crippen LogP) is 4.15. The Labute approximate surface area is 131 Å². The van der Waals surface area contributed by atoms with E-state index in [-0.39, 0.29) is 12.1 Å². The van der Waals surface area contributed by atoms with Gasteiger partial charge in [-0.05, 0) is 57.9 Å². The monoisotopic (exact) mass is 310 g/mol. The Hall–Kier alpha value is -1.42. The summed E-state index contributed by atoms with van der Waals surface area (Å²) < 4.78 is 5.46. The summed E-state index contributed by atoms with van der Waals surface area (Å²) >= 11 is 5.87. The second-order valence-corrected chi connectivity index (χ2v) is 6.79. The van der Waals surface area contributed by atoms with Gasteiger partial charge in [-0.2, -0.15) is 0 Å². The van der Waals surface area contributed by atoms with E-state index < -0.39 is 5.60 Å². The number of amides is 1. The number of carbonyl (C=O) groups is 1. The van der Waals surface area contributed by atoms with Crippen molar-refractivity contribution >= 4 is 23.4 Å². The molecule has 5 heteroatoms. The molecular formula is C16H23ClN2O2. The van der Waals surface area contributed by atoms with Crippen LogP contribution in [0.3, 0.4) is 0 Å². The Kier molecular flexibility index (Phi) is 4.99. The number of benzene rings is 1. The van der Waals surface area contributed by atoms with E-state index in [1.54, 1.807) is 0 Å². The van der Waals surface area contributed by atoms with Crippen LogP contribution in [0.25, 0.3) is 0 Å². The number of likely N-dealkylation sites (tertiary alicyclic amines) is 1. The van der Waals surface area contributed by atoms with Crippen molar-refractivity contribution in [1.29, 1.82) is 0 Å². The first kappa shape index (κ1) is 16.0. The van der Waals surface area contributed by atoms with Gasteiger partial charge in [0.15, 0.2) is 0 Å². The molecule has 2 rings (SSSR count). The first-order valence-corrected chi connectivity index (χ1v) is 7.72. The third-order valence-corrected chi connectivity index (χ3v) is 3.64. The van der Waals surface area contributed by atoms with E-state index in [4.69, 9.17) is 16.3 Å². The summed E-state index contributed by atoms with van der Waals surface area (Å²) in [4.78, 5) is 14.0. The van der Waals surface area contributed by atoms with Gasteiger partial charge in [0.1, 0.15) is 5.60 Å². The van der Waals surface area contributed by atoms with Crippen molar-refractivity contribution in [3.63, 3.8) is 0 Å². The molecule has 1 aromatic carbocycles. The van der Waals surface area contributed by atoms with Gasteiger partial charge in [0.25, 0.3) is 0 Å². The SMILES string of the molecule is CC(C)(C)OC(=O)N1CCCC1CNc1ccc(Cl)cc1. The number of hydrogen-bond donors (Lipinski definition) is 1. The number of nitrogens with zero attached hydrogens (tertiary/aromatic N) is 1. The average molecular weight is 311 g/mol. The van der Waals surface area contributed by atoms with Crippen molar-refractivity contribution in [2.45, 2.75) is 45.3 Å². The summed E-state index contributed by atoms with van der Waals surface area (Å²) in [6, 6.07) is 7.76. The minimum absolute atomic E-state index is 0.176. The molecule has 1 unspecified atom stereocenters. The van der Waals surface area contributed by atoms with Crippen LogP contribution in [-0.4, -0.2) is 35.7 Å². The maximum absolute atomic E-state index is 12.2. The fraction of sp³-hybridized carbons (Fsp3) is 0.562. The van der Waals surface area contributed by atoms with E-state index in [1.165, 1.54) is 0 Å². The van der Waals surface area contributed by atoms with Crippen molar-refractivity contribution in [3.05, 3.63) is 29.3 Å². The van der Waals surface area contributed by atoms with Gasteiger partial charge in [-0.25, -0.2) is 4.79 Å². The number of ether oxygens (including phenoxy) is 1. The van der Waals surface area contributed by atoms with Gasteiger partial charge in [0.05, 0.1) is 6.04 Å². The second-order valence-electron chi connectivity index (χ2n) is 6.36. The van der Waals surface area contributed by atoms with Gasteiger partial charge >= 0.3 is 6.09 Å². The summed E-state index contributed by atoms with van der Waals surface area (Å²) in [6.45, 7) is 7.16.